The van der Waals surface area contributed by atoms with Crippen LogP contribution in [-0.2, 0) is 17.9 Å². The highest BCUT2D eigenvalue weighted by atomic mass is 35.5. The predicted octanol–water partition coefficient (Wildman–Crippen LogP) is 2.73. The Kier molecular flexibility index (Phi) is 7.95. The van der Waals surface area contributed by atoms with E-state index in [-0.39, 0.29) is 18.3 Å². The molecular weight excluding hydrogens is 324 g/mol. The molecule has 0 spiro atoms. The van der Waals surface area contributed by atoms with Gasteiger partial charge in [-0.2, -0.15) is 5.10 Å². The smallest absolute Gasteiger partial charge is 0.227 e. The maximum absolute atomic E-state index is 12.5. The highest BCUT2D eigenvalue weighted by Gasteiger charge is 2.32. The summed E-state index contributed by atoms with van der Waals surface area (Å²) in [5.74, 6) is 0.0440. The number of carbonyl (C=O) groups excluding carboxylic acids is 1. The van der Waals surface area contributed by atoms with Crippen molar-refractivity contribution in [1.29, 1.82) is 0 Å². The highest BCUT2D eigenvalue weighted by molar-refractivity contribution is 5.85. The molecule has 3 N–H and O–H groups in total. The summed E-state index contributed by atoms with van der Waals surface area (Å²) < 4.78 is 1.88. The minimum atomic E-state index is -0.452. The Balaban J connectivity index is 0.00000288. The molecule has 5 nitrogen and oxygen atoms in total. The number of rotatable bonds is 8. The van der Waals surface area contributed by atoms with Crippen molar-refractivity contribution in [2.24, 2.45) is 11.1 Å². The van der Waals surface area contributed by atoms with Crippen molar-refractivity contribution in [1.82, 2.24) is 15.1 Å². The molecule has 0 aliphatic heterocycles. The lowest BCUT2D eigenvalue weighted by Gasteiger charge is -2.28. The fourth-order valence-electron chi connectivity index (χ4n) is 2.74. The molecule has 1 heterocycles. The SMILES string of the molecule is CCC(CC)(CN)C(=O)NCc1cccc(Cn2cccn2)c1.Cl. The fourth-order valence-corrected chi connectivity index (χ4v) is 2.74. The van der Waals surface area contributed by atoms with Crippen molar-refractivity contribution in [3.05, 3.63) is 53.9 Å². The lowest BCUT2D eigenvalue weighted by Crippen LogP contribution is -2.45. The van der Waals surface area contributed by atoms with E-state index >= 15 is 0 Å². The number of aromatic nitrogens is 2. The van der Waals surface area contributed by atoms with Crippen LogP contribution in [0.15, 0.2) is 42.7 Å². The van der Waals surface area contributed by atoms with Crippen LogP contribution in [0.3, 0.4) is 0 Å². The number of halogens is 1. The molecule has 0 fully saturated rings. The molecule has 0 bridgehead atoms. The third kappa shape index (κ3) is 4.82. The Labute approximate surface area is 150 Å². The second-order valence-corrected chi connectivity index (χ2v) is 5.90. The third-order valence-corrected chi connectivity index (χ3v) is 4.57. The zero-order chi connectivity index (χ0) is 16.7. The first-order valence-electron chi connectivity index (χ1n) is 8.17. The summed E-state index contributed by atoms with van der Waals surface area (Å²) in [6, 6.07) is 10.1. The van der Waals surface area contributed by atoms with E-state index in [1.165, 1.54) is 0 Å². The molecule has 2 rings (SSSR count). The van der Waals surface area contributed by atoms with Gasteiger partial charge in [-0.3, -0.25) is 9.48 Å². The molecule has 0 aliphatic rings. The van der Waals surface area contributed by atoms with Gasteiger partial charge < -0.3 is 11.1 Å². The van der Waals surface area contributed by atoms with E-state index in [0.717, 1.165) is 30.5 Å². The molecule has 132 valence electrons. The maximum Gasteiger partial charge on any atom is 0.227 e. The lowest BCUT2D eigenvalue weighted by atomic mass is 9.81. The van der Waals surface area contributed by atoms with Crippen LogP contribution < -0.4 is 11.1 Å². The molecule has 0 radical (unpaired) electrons. The van der Waals surface area contributed by atoms with Gasteiger partial charge in [0.15, 0.2) is 0 Å². The molecule has 1 aromatic heterocycles. The highest BCUT2D eigenvalue weighted by Crippen LogP contribution is 2.25. The zero-order valence-corrected chi connectivity index (χ0v) is 15.2. The molecule has 0 unspecified atom stereocenters. The van der Waals surface area contributed by atoms with Gasteiger partial charge in [0.2, 0.25) is 5.91 Å². The van der Waals surface area contributed by atoms with Crippen molar-refractivity contribution >= 4 is 18.3 Å². The van der Waals surface area contributed by atoms with E-state index in [9.17, 15) is 4.79 Å². The van der Waals surface area contributed by atoms with Gasteiger partial charge in [0, 0.05) is 25.5 Å². The third-order valence-electron chi connectivity index (χ3n) is 4.57. The minimum absolute atomic E-state index is 0. The second-order valence-electron chi connectivity index (χ2n) is 5.90. The second kappa shape index (κ2) is 9.45. The van der Waals surface area contributed by atoms with Gasteiger partial charge in [-0.25, -0.2) is 0 Å². The lowest BCUT2D eigenvalue weighted by molar-refractivity contribution is -0.131. The van der Waals surface area contributed by atoms with E-state index in [4.69, 9.17) is 5.73 Å². The summed E-state index contributed by atoms with van der Waals surface area (Å²) in [6.07, 6.45) is 5.22. The fraction of sp³-hybridized carbons (Fsp3) is 0.444. The zero-order valence-electron chi connectivity index (χ0n) is 14.4. The van der Waals surface area contributed by atoms with E-state index < -0.39 is 5.41 Å². The van der Waals surface area contributed by atoms with Gasteiger partial charge in [-0.15, -0.1) is 12.4 Å². The Hall–Kier alpha value is -1.85. The van der Waals surface area contributed by atoms with Crippen LogP contribution in [0.4, 0.5) is 0 Å². The molecule has 0 saturated heterocycles. The topological polar surface area (TPSA) is 72.9 Å². The van der Waals surface area contributed by atoms with Crippen LogP contribution in [-0.4, -0.2) is 22.2 Å². The van der Waals surface area contributed by atoms with Crippen molar-refractivity contribution in [2.45, 2.75) is 39.8 Å². The number of benzene rings is 1. The Bertz CT molecular complexity index is 615. The van der Waals surface area contributed by atoms with Gasteiger partial charge >= 0.3 is 0 Å². The molecule has 2 aromatic rings. The number of nitrogens with zero attached hydrogens (tertiary/aromatic N) is 2. The van der Waals surface area contributed by atoms with Crippen molar-refractivity contribution in [3.63, 3.8) is 0 Å². The summed E-state index contributed by atoms with van der Waals surface area (Å²) in [5.41, 5.74) is 7.62. The molecule has 1 amide bonds. The van der Waals surface area contributed by atoms with Crippen LogP contribution in [0.2, 0.25) is 0 Å². The monoisotopic (exact) mass is 350 g/mol. The molecule has 0 saturated carbocycles. The Morgan fingerprint density at radius 2 is 1.96 bits per heavy atom. The number of carbonyl (C=O) groups is 1. The van der Waals surface area contributed by atoms with E-state index in [1.807, 2.05) is 42.9 Å². The number of nitrogens with two attached hydrogens (primary N) is 1. The Morgan fingerprint density at radius 1 is 1.25 bits per heavy atom. The van der Waals surface area contributed by atoms with E-state index in [0.29, 0.717) is 13.1 Å². The Morgan fingerprint density at radius 3 is 2.54 bits per heavy atom. The molecule has 6 heteroatoms. The van der Waals surface area contributed by atoms with E-state index in [2.05, 4.69) is 22.5 Å². The summed E-state index contributed by atoms with van der Waals surface area (Å²) in [4.78, 5) is 12.5. The number of amides is 1. The average molecular weight is 351 g/mol. The quantitative estimate of drug-likeness (QED) is 0.768. The minimum Gasteiger partial charge on any atom is -0.352 e. The van der Waals surface area contributed by atoms with Crippen LogP contribution in [0, 0.1) is 5.41 Å². The summed E-state index contributed by atoms with van der Waals surface area (Å²) in [6.45, 7) is 5.66. The van der Waals surface area contributed by atoms with Crippen molar-refractivity contribution < 1.29 is 4.79 Å². The number of hydrogen-bond acceptors (Lipinski definition) is 3. The summed E-state index contributed by atoms with van der Waals surface area (Å²) in [7, 11) is 0. The first kappa shape index (κ1) is 20.2. The van der Waals surface area contributed by atoms with Gasteiger partial charge in [-0.1, -0.05) is 38.1 Å². The van der Waals surface area contributed by atoms with Crippen LogP contribution in [0.1, 0.15) is 37.8 Å². The number of hydrogen-bond donors (Lipinski definition) is 2. The van der Waals surface area contributed by atoms with Crippen LogP contribution in [0.25, 0.3) is 0 Å². The standard InChI is InChI=1S/C18H26N4O.ClH/c1-3-18(4-2,14-19)17(23)20-12-15-7-5-8-16(11-15)13-22-10-6-9-21-22;/h5-11H,3-4,12-14,19H2,1-2H3,(H,20,23);1H. The van der Waals surface area contributed by atoms with Crippen molar-refractivity contribution in [2.75, 3.05) is 6.54 Å². The van der Waals surface area contributed by atoms with Gasteiger partial charge in [0.1, 0.15) is 0 Å². The maximum atomic E-state index is 12.5. The van der Waals surface area contributed by atoms with Crippen LogP contribution in [0.5, 0.6) is 0 Å². The first-order chi connectivity index (χ1) is 11.1. The summed E-state index contributed by atoms with van der Waals surface area (Å²) in [5, 5.41) is 7.25. The normalized spacial score (nSPS) is 11.0. The van der Waals surface area contributed by atoms with Gasteiger partial charge in [0.25, 0.3) is 0 Å². The first-order valence-corrected chi connectivity index (χ1v) is 8.17. The number of nitrogens with one attached hydrogen (secondary N) is 1. The molecule has 1 aromatic carbocycles. The largest absolute Gasteiger partial charge is 0.352 e. The summed E-state index contributed by atoms with van der Waals surface area (Å²) >= 11 is 0. The van der Waals surface area contributed by atoms with E-state index in [1.54, 1.807) is 6.20 Å². The van der Waals surface area contributed by atoms with Gasteiger partial charge in [-0.05, 0) is 30.0 Å². The molecule has 24 heavy (non-hydrogen) atoms. The molecular formula is C18H27ClN4O. The average Bonchev–Trinajstić information content (AvgIpc) is 3.08. The van der Waals surface area contributed by atoms with Crippen LogP contribution >= 0.6 is 12.4 Å². The predicted molar refractivity (Wildman–Crippen MR) is 98.9 cm³/mol. The molecule has 0 aliphatic carbocycles. The van der Waals surface area contributed by atoms with Crippen molar-refractivity contribution in [3.8, 4) is 0 Å². The van der Waals surface area contributed by atoms with Gasteiger partial charge in [0.05, 0.1) is 12.0 Å². The molecule has 0 atom stereocenters.